The zero-order valence-electron chi connectivity index (χ0n) is 14.5. The van der Waals surface area contributed by atoms with Crippen molar-refractivity contribution >= 4 is 10.4 Å². The van der Waals surface area contributed by atoms with E-state index < -0.39 is 10.4 Å². The van der Waals surface area contributed by atoms with Crippen molar-refractivity contribution < 1.29 is 51.7 Å². The van der Waals surface area contributed by atoms with Crippen LogP contribution in [0.5, 0.6) is 0 Å². The van der Waals surface area contributed by atoms with Crippen molar-refractivity contribution in [2.24, 2.45) is 0 Å². The van der Waals surface area contributed by atoms with Gasteiger partial charge < -0.3 is 4.55 Å². The van der Waals surface area contributed by atoms with Crippen LogP contribution in [0.15, 0.2) is 0 Å². The molecule has 0 aromatic rings. The molecular weight excluding hydrogens is 315 g/mol. The van der Waals surface area contributed by atoms with Crippen molar-refractivity contribution in [1.29, 1.82) is 0 Å². The first kappa shape index (κ1) is 25.1. The van der Waals surface area contributed by atoms with Crippen molar-refractivity contribution in [2.75, 3.05) is 0 Å². The molecule has 128 valence electrons. The minimum absolute atomic E-state index is 0. The third-order valence-corrected chi connectivity index (χ3v) is 3.75. The summed E-state index contributed by atoms with van der Waals surface area (Å²) < 4.78 is 34.3. The average molecular weight is 346 g/mol. The van der Waals surface area contributed by atoms with Gasteiger partial charge in [0.15, 0.2) is 0 Å². The first-order chi connectivity index (χ1) is 9.95. The summed E-state index contributed by atoms with van der Waals surface area (Å²) >= 11 is 0. The van der Waals surface area contributed by atoms with Gasteiger partial charge in [0, 0.05) is 0 Å². The minimum Gasteiger partial charge on any atom is -0.724 e. The summed E-state index contributed by atoms with van der Waals surface area (Å²) in [5.41, 5.74) is 0. The molecule has 0 N–H and O–H groups in total. The van der Waals surface area contributed by atoms with Crippen LogP contribution in [-0.4, -0.2) is 19.1 Å². The van der Waals surface area contributed by atoms with Crippen LogP contribution in [0.4, 0.5) is 0 Å². The van der Waals surface area contributed by atoms with Gasteiger partial charge in [-0.25, -0.2) is 13.3 Å². The Labute approximate surface area is 158 Å². The van der Waals surface area contributed by atoms with Gasteiger partial charge in [-0.2, -0.15) is 0 Å². The summed E-state index contributed by atoms with van der Waals surface area (Å²) in [6, 6.07) is 0. The average Bonchev–Trinajstić information content (AvgIpc) is 2.42. The zero-order valence-corrected chi connectivity index (χ0v) is 17.3. The Morgan fingerprint density at radius 3 is 1.68 bits per heavy atom. The maximum Gasteiger partial charge on any atom is 1.00 e. The molecule has 0 aliphatic rings. The maximum atomic E-state index is 10.2. The van der Waals surface area contributed by atoms with Gasteiger partial charge in [0.2, 0.25) is 10.4 Å². The molecule has 0 aromatic heterocycles. The van der Waals surface area contributed by atoms with Gasteiger partial charge in [0.25, 0.3) is 0 Å². The number of unbranched alkanes of at least 4 members (excludes halogenated alkanes) is 10. The van der Waals surface area contributed by atoms with E-state index >= 15 is 0 Å². The van der Waals surface area contributed by atoms with Crippen molar-refractivity contribution in [2.45, 2.75) is 97.0 Å². The van der Waals surface area contributed by atoms with Crippen LogP contribution < -0.4 is 29.6 Å². The SMILES string of the molecule is CCCCCCCCCCCCCC(C)OOS(=O)(=O)[O-].[Na+]. The predicted octanol–water partition coefficient (Wildman–Crippen LogP) is 1.49. The molecule has 0 aliphatic carbocycles. The Bertz CT molecular complexity index is 322. The first-order valence-electron chi connectivity index (χ1n) is 8.26. The van der Waals surface area contributed by atoms with Crippen molar-refractivity contribution in [1.82, 2.24) is 0 Å². The molecule has 0 aliphatic heterocycles. The largest absolute Gasteiger partial charge is 1.00 e. The quantitative estimate of drug-likeness (QED) is 0.112. The summed E-state index contributed by atoms with van der Waals surface area (Å²) in [4.78, 5) is 4.50. The van der Waals surface area contributed by atoms with E-state index in [2.05, 4.69) is 16.1 Å². The van der Waals surface area contributed by atoms with Crippen LogP contribution in [0.1, 0.15) is 90.9 Å². The van der Waals surface area contributed by atoms with Gasteiger partial charge in [-0.15, -0.1) is 4.33 Å². The third kappa shape index (κ3) is 20.8. The van der Waals surface area contributed by atoms with Gasteiger partial charge in [-0.05, 0) is 13.3 Å². The molecule has 0 aromatic carbocycles. The molecule has 1 unspecified atom stereocenters. The molecule has 0 amide bonds. The van der Waals surface area contributed by atoms with Crippen LogP contribution in [0.25, 0.3) is 0 Å². The molecule has 0 bridgehead atoms. The minimum atomic E-state index is -4.75. The van der Waals surface area contributed by atoms with Crippen LogP contribution in [-0.2, 0) is 19.6 Å². The Balaban J connectivity index is 0. The van der Waals surface area contributed by atoms with E-state index in [1.807, 2.05) is 0 Å². The van der Waals surface area contributed by atoms with Gasteiger partial charge >= 0.3 is 29.6 Å². The molecule has 0 fully saturated rings. The Morgan fingerprint density at radius 1 is 0.864 bits per heavy atom. The van der Waals surface area contributed by atoms with E-state index in [0.29, 0.717) is 6.42 Å². The van der Waals surface area contributed by atoms with Gasteiger partial charge in [-0.3, -0.25) is 0 Å². The predicted molar refractivity (Wildman–Crippen MR) is 82.4 cm³/mol. The van der Waals surface area contributed by atoms with Gasteiger partial charge in [0.05, 0.1) is 6.10 Å². The molecular formula is C15H31NaO5S. The molecule has 0 heterocycles. The summed E-state index contributed by atoms with van der Waals surface area (Å²) in [6.45, 7) is 3.93. The van der Waals surface area contributed by atoms with Crippen LogP contribution in [0, 0.1) is 0 Å². The fraction of sp³-hybridized carbons (Fsp3) is 1.00. The topological polar surface area (TPSA) is 75.7 Å². The molecule has 0 radical (unpaired) electrons. The molecule has 5 nitrogen and oxygen atoms in total. The van der Waals surface area contributed by atoms with Crippen molar-refractivity contribution in [3.8, 4) is 0 Å². The Kier molecular flexibility index (Phi) is 19.0. The summed E-state index contributed by atoms with van der Waals surface area (Å²) in [5, 5.41) is 0. The number of rotatable bonds is 15. The van der Waals surface area contributed by atoms with Gasteiger partial charge in [0.1, 0.15) is 0 Å². The fourth-order valence-electron chi connectivity index (χ4n) is 2.26. The normalized spacial score (nSPS) is 12.9. The molecule has 22 heavy (non-hydrogen) atoms. The number of hydrogen-bond acceptors (Lipinski definition) is 5. The van der Waals surface area contributed by atoms with E-state index in [9.17, 15) is 13.0 Å². The molecule has 7 heteroatoms. The molecule has 0 spiro atoms. The molecule has 0 saturated heterocycles. The third-order valence-electron chi connectivity index (χ3n) is 3.50. The van der Waals surface area contributed by atoms with Crippen LogP contribution in [0.3, 0.4) is 0 Å². The van der Waals surface area contributed by atoms with Gasteiger partial charge in [-0.1, -0.05) is 77.6 Å². The fourth-order valence-corrected chi connectivity index (χ4v) is 2.49. The summed E-state index contributed by atoms with van der Waals surface area (Å²) in [7, 11) is -4.75. The van der Waals surface area contributed by atoms with Crippen molar-refractivity contribution in [3.05, 3.63) is 0 Å². The van der Waals surface area contributed by atoms with E-state index in [0.717, 1.165) is 12.8 Å². The Hall–Kier alpha value is 0.830. The molecule has 1 atom stereocenters. The standard InChI is InChI=1S/C15H32O5S.Na/c1-3-4-5-6-7-8-9-10-11-12-13-14-15(2)19-20-21(16,17)18;/h15H,3-14H2,1-2H3,(H,16,17,18);/q;+1/p-1. The molecule has 0 rings (SSSR count). The Morgan fingerprint density at radius 2 is 1.27 bits per heavy atom. The van der Waals surface area contributed by atoms with Crippen LogP contribution >= 0.6 is 0 Å². The molecule has 0 saturated carbocycles. The van der Waals surface area contributed by atoms with E-state index in [-0.39, 0.29) is 35.7 Å². The second kappa shape index (κ2) is 16.7. The summed E-state index contributed by atoms with van der Waals surface area (Å²) in [5.74, 6) is 0. The van der Waals surface area contributed by atoms with E-state index in [1.165, 1.54) is 57.8 Å². The maximum absolute atomic E-state index is 10.2. The van der Waals surface area contributed by atoms with E-state index in [4.69, 9.17) is 0 Å². The second-order valence-electron chi connectivity index (χ2n) is 5.71. The second-order valence-corrected chi connectivity index (χ2v) is 6.66. The smallest absolute Gasteiger partial charge is 0.724 e. The van der Waals surface area contributed by atoms with Crippen LogP contribution in [0.2, 0.25) is 0 Å². The van der Waals surface area contributed by atoms with Crippen molar-refractivity contribution in [3.63, 3.8) is 0 Å². The van der Waals surface area contributed by atoms with E-state index in [1.54, 1.807) is 6.92 Å². The zero-order chi connectivity index (χ0) is 16.0. The first-order valence-corrected chi connectivity index (χ1v) is 9.60. The monoisotopic (exact) mass is 346 g/mol. The number of hydrogen-bond donors (Lipinski definition) is 0. The summed E-state index contributed by atoms with van der Waals surface area (Å²) in [6.07, 6.45) is 14.2.